The minimum atomic E-state index is 1.16. The van der Waals surface area contributed by atoms with E-state index in [0.717, 1.165) is 6.42 Å². The lowest BCUT2D eigenvalue weighted by atomic mass is 10.4. The number of hydrogen-bond acceptors (Lipinski definition) is 0. The molecule has 0 fully saturated rings. The summed E-state index contributed by atoms with van der Waals surface area (Å²) in [6, 6.07) is 0. The highest BCUT2D eigenvalue weighted by Gasteiger charge is 1.69. The van der Waals surface area contributed by atoms with E-state index in [1.165, 1.54) is 3.58 Å². The number of rotatable bonds is 1. The van der Waals surface area contributed by atoms with Crippen molar-refractivity contribution in [3.8, 4) is 0 Å². The molecule has 0 aliphatic rings. The van der Waals surface area contributed by atoms with Crippen LogP contribution in [0.15, 0.2) is 9.66 Å². The lowest BCUT2D eigenvalue weighted by Gasteiger charge is -1.77. The van der Waals surface area contributed by atoms with E-state index in [2.05, 4.69) is 42.5 Å². The van der Waals surface area contributed by atoms with Gasteiger partial charge in [-0.1, -0.05) is 13.0 Å². The van der Waals surface area contributed by atoms with Crippen molar-refractivity contribution in [2.75, 3.05) is 0 Å². The van der Waals surface area contributed by atoms with E-state index in [1.807, 2.05) is 0 Å². The van der Waals surface area contributed by atoms with Crippen LogP contribution in [-0.2, 0) is 0 Å². The summed E-state index contributed by atoms with van der Waals surface area (Å²) in [7, 11) is 0. The smallest absolute Gasteiger partial charge is 0.0165 e. The summed E-state index contributed by atoms with van der Waals surface area (Å²) >= 11 is 2.30. The van der Waals surface area contributed by atoms with Gasteiger partial charge in [-0.2, -0.15) is 0 Å². The van der Waals surface area contributed by atoms with Crippen molar-refractivity contribution in [1.29, 1.82) is 0 Å². The monoisotopic (exact) mass is 196 g/mol. The standard InChI is InChI=1S/C5H9I/c1-3-4-5(2)6/h4H,3H2,1-2H3/b5-4-. The van der Waals surface area contributed by atoms with Crippen LogP contribution in [0.25, 0.3) is 0 Å². The van der Waals surface area contributed by atoms with Crippen LogP contribution in [0.3, 0.4) is 0 Å². The molecule has 0 aliphatic carbocycles. The fourth-order valence-corrected chi connectivity index (χ4v) is 0.722. The van der Waals surface area contributed by atoms with E-state index < -0.39 is 0 Å². The van der Waals surface area contributed by atoms with E-state index in [0.29, 0.717) is 0 Å². The first-order valence-electron chi connectivity index (χ1n) is 2.09. The molecule has 1 heteroatoms. The number of allylic oxidation sites excluding steroid dienone is 2. The predicted octanol–water partition coefficient (Wildman–Crippen LogP) is 2.74. The molecule has 0 heterocycles. The molecule has 0 saturated heterocycles. The Morgan fingerprint density at radius 3 is 2.33 bits per heavy atom. The average molecular weight is 196 g/mol. The molecule has 0 aromatic rings. The highest BCUT2D eigenvalue weighted by molar-refractivity contribution is 14.1. The molecule has 0 rings (SSSR count). The molecule has 6 heavy (non-hydrogen) atoms. The van der Waals surface area contributed by atoms with Crippen molar-refractivity contribution >= 4 is 22.6 Å². The van der Waals surface area contributed by atoms with Gasteiger partial charge in [0.05, 0.1) is 0 Å². The number of halogens is 1. The van der Waals surface area contributed by atoms with Crippen LogP contribution in [-0.4, -0.2) is 0 Å². The van der Waals surface area contributed by atoms with E-state index in [9.17, 15) is 0 Å². The molecule has 0 nitrogen and oxygen atoms in total. The van der Waals surface area contributed by atoms with Crippen LogP contribution in [0.1, 0.15) is 20.3 Å². The topological polar surface area (TPSA) is 0 Å². The van der Waals surface area contributed by atoms with Crippen molar-refractivity contribution in [2.45, 2.75) is 20.3 Å². The first-order valence-corrected chi connectivity index (χ1v) is 3.17. The molecule has 0 amide bonds. The Hall–Kier alpha value is 0.470. The highest BCUT2D eigenvalue weighted by Crippen LogP contribution is 2.02. The summed E-state index contributed by atoms with van der Waals surface area (Å²) in [4.78, 5) is 0. The van der Waals surface area contributed by atoms with Gasteiger partial charge < -0.3 is 0 Å². The van der Waals surface area contributed by atoms with E-state index >= 15 is 0 Å². The second kappa shape index (κ2) is 3.65. The lowest BCUT2D eigenvalue weighted by molar-refractivity contribution is 1.22. The molecule has 0 saturated carbocycles. The lowest BCUT2D eigenvalue weighted by Crippen LogP contribution is -1.53. The largest absolute Gasteiger partial charge is 0.0758 e. The third-order valence-corrected chi connectivity index (χ3v) is 0.926. The van der Waals surface area contributed by atoms with Gasteiger partial charge in [0.15, 0.2) is 0 Å². The molecular weight excluding hydrogens is 187 g/mol. The van der Waals surface area contributed by atoms with Gasteiger partial charge in [0.25, 0.3) is 0 Å². The molecular formula is C5H9I. The molecule has 0 unspecified atom stereocenters. The maximum atomic E-state index is 2.30. The number of hydrogen-bond donors (Lipinski definition) is 0. The molecule has 0 aliphatic heterocycles. The minimum absolute atomic E-state index is 1.16. The van der Waals surface area contributed by atoms with Gasteiger partial charge in [0.2, 0.25) is 0 Å². The van der Waals surface area contributed by atoms with Gasteiger partial charge in [-0.05, 0) is 39.5 Å². The third-order valence-electron chi connectivity index (χ3n) is 0.485. The van der Waals surface area contributed by atoms with Crippen LogP contribution in [0.5, 0.6) is 0 Å². The summed E-state index contributed by atoms with van der Waals surface area (Å²) in [5, 5.41) is 0. The Kier molecular flexibility index (Phi) is 3.94. The van der Waals surface area contributed by atoms with E-state index in [1.54, 1.807) is 0 Å². The van der Waals surface area contributed by atoms with Crippen LogP contribution in [0, 0.1) is 0 Å². The van der Waals surface area contributed by atoms with Crippen molar-refractivity contribution < 1.29 is 0 Å². The maximum absolute atomic E-state index is 2.30. The van der Waals surface area contributed by atoms with Crippen molar-refractivity contribution in [2.24, 2.45) is 0 Å². The van der Waals surface area contributed by atoms with Gasteiger partial charge in [0.1, 0.15) is 0 Å². The molecule has 0 spiro atoms. The summed E-state index contributed by atoms with van der Waals surface area (Å²) in [5.74, 6) is 0. The maximum Gasteiger partial charge on any atom is -0.0165 e. The molecule has 0 aromatic carbocycles. The Morgan fingerprint density at radius 2 is 2.33 bits per heavy atom. The highest BCUT2D eigenvalue weighted by atomic mass is 127. The van der Waals surface area contributed by atoms with Crippen LogP contribution in [0.2, 0.25) is 0 Å². The fraction of sp³-hybridized carbons (Fsp3) is 0.600. The molecule has 0 atom stereocenters. The zero-order valence-electron chi connectivity index (χ0n) is 4.16. The van der Waals surface area contributed by atoms with Gasteiger partial charge in [-0.3, -0.25) is 0 Å². The SMILES string of the molecule is CC/C=C(/C)I. The molecule has 0 radical (unpaired) electrons. The van der Waals surface area contributed by atoms with Crippen molar-refractivity contribution in [3.05, 3.63) is 9.66 Å². The van der Waals surface area contributed by atoms with Gasteiger partial charge in [-0.15, -0.1) is 0 Å². The third kappa shape index (κ3) is 4.47. The summed E-state index contributed by atoms with van der Waals surface area (Å²) in [5.41, 5.74) is 0. The van der Waals surface area contributed by atoms with E-state index in [4.69, 9.17) is 0 Å². The Morgan fingerprint density at radius 1 is 1.83 bits per heavy atom. The first-order chi connectivity index (χ1) is 2.77. The summed E-state index contributed by atoms with van der Waals surface area (Å²) < 4.78 is 1.38. The van der Waals surface area contributed by atoms with Crippen LogP contribution >= 0.6 is 22.6 Å². The second-order valence-electron chi connectivity index (χ2n) is 1.20. The first kappa shape index (κ1) is 6.47. The van der Waals surface area contributed by atoms with Gasteiger partial charge >= 0.3 is 0 Å². The van der Waals surface area contributed by atoms with Crippen molar-refractivity contribution in [1.82, 2.24) is 0 Å². The fourth-order valence-electron chi connectivity index (χ4n) is 0.281. The molecule has 0 bridgehead atoms. The molecule has 36 valence electrons. The normalized spacial score (nSPS) is 12.2. The predicted molar refractivity (Wildman–Crippen MR) is 38.1 cm³/mol. The second-order valence-corrected chi connectivity index (χ2v) is 2.90. The Bertz CT molecular complexity index is 51.0. The molecule has 0 N–H and O–H groups in total. The quantitative estimate of drug-likeness (QED) is 0.565. The van der Waals surface area contributed by atoms with Gasteiger partial charge in [-0.25, -0.2) is 0 Å². The van der Waals surface area contributed by atoms with Crippen LogP contribution < -0.4 is 0 Å². The minimum Gasteiger partial charge on any atom is -0.0758 e. The van der Waals surface area contributed by atoms with E-state index in [-0.39, 0.29) is 0 Å². The summed E-state index contributed by atoms with van der Waals surface area (Å²) in [6.45, 7) is 4.24. The molecule has 0 aromatic heterocycles. The van der Waals surface area contributed by atoms with Gasteiger partial charge in [0, 0.05) is 0 Å². The van der Waals surface area contributed by atoms with Crippen LogP contribution in [0.4, 0.5) is 0 Å². The van der Waals surface area contributed by atoms with Crippen molar-refractivity contribution in [3.63, 3.8) is 0 Å². The Balaban J connectivity index is 3.14. The average Bonchev–Trinajstić information content (AvgIpc) is 1.35. The Labute approximate surface area is 52.8 Å². The zero-order chi connectivity index (χ0) is 4.99. The summed E-state index contributed by atoms with van der Waals surface area (Å²) in [6.07, 6.45) is 3.36. The zero-order valence-corrected chi connectivity index (χ0v) is 6.32.